The molecule has 1 rings (SSSR count). The minimum Gasteiger partial charge on any atom is -0.502 e. The molecule has 1 aromatic rings. The van der Waals surface area contributed by atoms with Crippen molar-refractivity contribution in [1.29, 1.82) is 5.41 Å². The zero-order valence-electron chi connectivity index (χ0n) is 12.6. The summed E-state index contributed by atoms with van der Waals surface area (Å²) in [6.07, 6.45) is 1.01. The van der Waals surface area contributed by atoms with E-state index in [4.69, 9.17) is 25.7 Å². The molecule has 0 bridgehead atoms. The number of aliphatic hydroxyl groups excluding tert-OH is 1. The minimum absolute atomic E-state index is 0.000784. The van der Waals surface area contributed by atoms with Gasteiger partial charge in [0.2, 0.25) is 5.75 Å². The predicted octanol–water partition coefficient (Wildman–Crippen LogP) is 0.518. The summed E-state index contributed by atoms with van der Waals surface area (Å²) >= 11 is 0. The lowest BCUT2D eigenvalue weighted by Crippen LogP contribution is -2.42. The van der Waals surface area contributed by atoms with Crippen LogP contribution in [0.25, 0.3) is 0 Å². The summed E-state index contributed by atoms with van der Waals surface area (Å²) in [5, 5.41) is 26.2. The zero-order chi connectivity index (χ0) is 16.7. The number of nitrogens with two attached hydrogens (primary N) is 1. The number of phenolic OH excluding ortho intramolecular Hbond substituents is 1. The smallest absolute Gasteiger partial charge is 0.260 e. The Morgan fingerprint density at radius 3 is 2.23 bits per heavy atom. The number of nitrogens with zero attached hydrogens (tertiary/aromatic N) is 1. The van der Waals surface area contributed by atoms with Gasteiger partial charge >= 0.3 is 0 Å². The first-order chi connectivity index (χ1) is 10.5. The molecule has 0 aliphatic carbocycles. The number of aromatic hydroxyl groups is 1. The highest BCUT2D eigenvalue weighted by atomic mass is 16.5. The quantitative estimate of drug-likeness (QED) is 0.330. The SMILES string of the molecule is COc1cc(C(=O)N(CCCCO)C(=N)N)cc(OC)c1O. The Labute approximate surface area is 128 Å². The van der Waals surface area contributed by atoms with Gasteiger partial charge in [-0.1, -0.05) is 0 Å². The molecule has 0 aromatic heterocycles. The number of carbonyl (C=O) groups is 1. The van der Waals surface area contributed by atoms with Gasteiger partial charge in [0, 0.05) is 18.7 Å². The summed E-state index contributed by atoms with van der Waals surface area (Å²) in [7, 11) is 2.71. The Kier molecular flexibility index (Phi) is 6.46. The van der Waals surface area contributed by atoms with E-state index in [-0.39, 0.29) is 36.0 Å². The number of benzene rings is 1. The molecular formula is C14H21N3O5. The van der Waals surface area contributed by atoms with Gasteiger partial charge in [0.25, 0.3) is 5.91 Å². The van der Waals surface area contributed by atoms with Gasteiger partial charge in [-0.3, -0.25) is 15.1 Å². The van der Waals surface area contributed by atoms with Crippen molar-refractivity contribution in [1.82, 2.24) is 4.90 Å². The molecule has 0 saturated heterocycles. The topological polar surface area (TPSA) is 129 Å². The second-order valence-electron chi connectivity index (χ2n) is 4.50. The van der Waals surface area contributed by atoms with E-state index in [0.29, 0.717) is 12.8 Å². The zero-order valence-corrected chi connectivity index (χ0v) is 12.6. The predicted molar refractivity (Wildman–Crippen MR) is 80.5 cm³/mol. The number of nitrogens with one attached hydrogen (secondary N) is 1. The third-order valence-electron chi connectivity index (χ3n) is 3.05. The van der Waals surface area contributed by atoms with Crippen molar-refractivity contribution in [2.45, 2.75) is 12.8 Å². The number of rotatable bonds is 7. The highest BCUT2D eigenvalue weighted by Gasteiger charge is 2.22. The first-order valence-electron chi connectivity index (χ1n) is 6.68. The van der Waals surface area contributed by atoms with Crippen molar-refractivity contribution in [2.24, 2.45) is 5.73 Å². The molecular weight excluding hydrogens is 290 g/mol. The first kappa shape index (κ1) is 17.6. The maximum absolute atomic E-state index is 12.5. The average Bonchev–Trinajstić information content (AvgIpc) is 2.50. The van der Waals surface area contributed by atoms with E-state index < -0.39 is 11.9 Å². The number of ether oxygens (including phenoxy) is 2. The van der Waals surface area contributed by atoms with Crippen LogP contribution in [-0.2, 0) is 0 Å². The summed E-state index contributed by atoms with van der Waals surface area (Å²) in [6, 6.07) is 2.70. The number of carbonyl (C=O) groups excluding carboxylic acids is 1. The molecule has 1 aromatic carbocycles. The third kappa shape index (κ3) is 4.01. The fourth-order valence-electron chi connectivity index (χ4n) is 1.89. The van der Waals surface area contributed by atoms with Crippen molar-refractivity contribution in [3.8, 4) is 17.2 Å². The van der Waals surface area contributed by atoms with Crippen LogP contribution in [0.15, 0.2) is 12.1 Å². The van der Waals surface area contributed by atoms with E-state index in [1.807, 2.05) is 0 Å². The molecule has 0 heterocycles. The molecule has 8 heteroatoms. The summed E-state index contributed by atoms with van der Waals surface area (Å²) < 4.78 is 10.00. The summed E-state index contributed by atoms with van der Waals surface area (Å²) in [4.78, 5) is 13.6. The van der Waals surface area contributed by atoms with Crippen LogP contribution in [0.1, 0.15) is 23.2 Å². The Morgan fingerprint density at radius 2 is 1.82 bits per heavy atom. The molecule has 5 N–H and O–H groups in total. The van der Waals surface area contributed by atoms with Crippen LogP contribution in [0, 0.1) is 5.41 Å². The molecule has 0 spiro atoms. The standard InChI is InChI=1S/C14H21N3O5/c1-21-10-7-9(8-11(22-2)12(10)19)13(20)17(14(15)16)5-3-4-6-18/h7-8,18-19H,3-6H2,1-2H3,(H3,15,16). The van der Waals surface area contributed by atoms with Crippen molar-refractivity contribution >= 4 is 11.9 Å². The van der Waals surface area contributed by atoms with E-state index in [0.717, 1.165) is 4.90 Å². The van der Waals surface area contributed by atoms with E-state index >= 15 is 0 Å². The van der Waals surface area contributed by atoms with Crippen LogP contribution < -0.4 is 15.2 Å². The van der Waals surface area contributed by atoms with E-state index in [1.54, 1.807) is 0 Å². The van der Waals surface area contributed by atoms with Crippen molar-refractivity contribution in [2.75, 3.05) is 27.4 Å². The molecule has 0 atom stereocenters. The van der Waals surface area contributed by atoms with Gasteiger partial charge in [-0.25, -0.2) is 0 Å². The highest BCUT2D eigenvalue weighted by Crippen LogP contribution is 2.37. The Hall–Kier alpha value is -2.48. The molecule has 0 aliphatic rings. The van der Waals surface area contributed by atoms with Gasteiger partial charge in [-0.15, -0.1) is 0 Å². The van der Waals surface area contributed by atoms with Crippen LogP contribution in [0.2, 0.25) is 0 Å². The van der Waals surface area contributed by atoms with Gasteiger partial charge in [0.05, 0.1) is 14.2 Å². The lowest BCUT2D eigenvalue weighted by molar-refractivity contribution is 0.0840. The van der Waals surface area contributed by atoms with Gasteiger partial charge in [-0.2, -0.15) is 0 Å². The summed E-state index contributed by atoms with van der Waals surface area (Å²) in [5.41, 5.74) is 5.61. The molecule has 0 saturated carbocycles. The van der Waals surface area contributed by atoms with Gasteiger partial charge < -0.3 is 25.4 Å². The molecule has 1 amide bonds. The van der Waals surface area contributed by atoms with E-state index in [1.165, 1.54) is 26.4 Å². The molecule has 0 radical (unpaired) electrons. The van der Waals surface area contributed by atoms with Crippen molar-refractivity contribution in [3.05, 3.63) is 17.7 Å². The fraction of sp³-hybridized carbons (Fsp3) is 0.429. The third-order valence-corrected chi connectivity index (χ3v) is 3.05. The molecule has 122 valence electrons. The maximum Gasteiger partial charge on any atom is 0.260 e. The maximum atomic E-state index is 12.5. The van der Waals surface area contributed by atoms with Crippen LogP contribution in [0.3, 0.4) is 0 Å². The number of amides is 1. The van der Waals surface area contributed by atoms with Crippen LogP contribution in [0.5, 0.6) is 17.2 Å². The largest absolute Gasteiger partial charge is 0.502 e. The van der Waals surface area contributed by atoms with Crippen molar-refractivity contribution < 1.29 is 24.5 Å². The summed E-state index contributed by atoms with van der Waals surface area (Å²) in [5.74, 6) is -0.949. The molecule has 22 heavy (non-hydrogen) atoms. The van der Waals surface area contributed by atoms with Crippen LogP contribution >= 0.6 is 0 Å². The monoisotopic (exact) mass is 311 g/mol. The number of guanidine groups is 1. The molecule has 0 aliphatic heterocycles. The number of hydrogen-bond donors (Lipinski definition) is 4. The number of methoxy groups -OCH3 is 2. The highest BCUT2D eigenvalue weighted by molar-refractivity contribution is 6.05. The number of unbranched alkanes of at least 4 members (excludes halogenated alkanes) is 1. The molecule has 0 fully saturated rings. The lowest BCUT2D eigenvalue weighted by Gasteiger charge is -2.21. The number of phenols is 1. The molecule has 8 nitrogen and oxygen atoms in total. The van der Waals surface area contributed by atoms with Crippen LogP contribution in [-0.4, -0.2) is 54.4 Å². The van der Waals surface area contributed by atoms with E-state index in [9.17, 15) is 9.90 Å². The normalized spacial score (nSPS) is 10.1. The summed E-state index contributed by atoms with van der Waals surface area (Å²) in [6.45, 7) is 0.209. The van der Waals surface area contributed by atoms with Gasteiger partial charge in [-0.05, 0) is 25.0 Å². The lowest BCUT2D eigenvalue weighted by atomic mass is 10.1. The second kappa shape index (κ2) is 8.08. The molecule has 0 unspecified atom stereocenters. The van der Waals surface area contributed by atoms with Gasteiger partial charge in [0.15, 0.2) is 17.5 Å². The van der Waals surface area contributed by atoms with Gasteiger partial charge in [0.1, 0.15) is 0 Å². The Bertz CT molecular complexity index is 522. The van der Waals surface area contributed by atoms with Crippen LogP contribution in [0.4, 0.5) is 0 Å². The average molecular weight is 311 g/mol. The fourth-order valence-corrected chi connectivity index (χ4v) is 1.89. The minimum atomic E-state index is -0.512. The Balaban J connectivity index is 3.10. The van der Waals surface area contributed by atoms with E-state index in [2.05, 4.69) is 0 Å². The first-order valence-corrected chi connectivity index (χ1v) is 6.68. The Morgan fingerprint density at radius 1 is 1.27 bits per heavy atom. The second-order valence-corrected chi connectivity index (χ2v) is 4.50. The number of aliphatic hydroxyl groups is 1. The number of hydrogen-bond acceptors (Lipinski definition) is 6. The van der Waals surface area contributed by atoms with Crippen molar-refractivity contribution in [3.63, 3.8) is 0 Å².